The van der Waals surface area contributed by atoms with Crippen LogP contribution < -0.4 is 5.73 Å². The third kappa shape index (κ3) is 5.30. The quantitative estimate of drug-likeness (QED) is 0.599. The molecule has 0 aliphatic rings. The maximum absolute atomic E-state index is 11.3. The Bertz CT molecular complexity index is 741. The summed E-state index contributed by atoms with van der Waals surface area (Å²) in [5, 5.41) is 8.94. The molecule has 0 aliphatic heterocycles. The first-order valence-electron chi connectivity index (χ1n) is 6.96. The first kappa shape index (κ1) is 17.4. The number of hydrogen-bond acceptors (Lipinski definition) is 3. The van der Waals surface area contributed by atoms with Crippen molar-refractivity contribution in [3.05, 3.63) is 59.7 Å². The van der Waals surface area contributed by atoms with E-state index in [9.17, 15) is 19.1 Å². The Labute approximate surface area is 133 Å². The molecule has 1 atom stereocenters. The third-order valence-corrected chi connectivity index (χ3v) is 4.10. The first-order valence-corrected chi connectivity index (χ1v) is 8.75. The molecule has 5 N–H and O–H groups in total. The fourth-order valence-electron chi connectivity index (χ4n) is 2.35. The zero-order valence-corrected chi connectivity index (χ0v) is 13.2. The average molecular weight is 335 g/mol. The summed E-state index contributed by atoms with van der Waals surface area (Å²) in [4.78, 5) is 29.3. The molecule has 0 spiro atoms. The van der Waals surface area contributed by atoms with Crippen molar-refractivity contribution in [3.8, 4) is 11.1 Å². The lowest BCUT2D eigenvalue weighted by Crippen LogP contribution is -2.32. The second-order valence-electron chi connectivity index (χ2n) is 5.38. The Morgan fingerprint density at radius 1 is 1.04 bits per heavy atom. The van der Waals surface area contributed by atoms with E-state index in [1.807, 2.05) is 30.3 Å². The van der Waals surface area contributed by atoms with Gasteiger partial charge in [-0.1, -0.05) is 48.5 Å². The minimum Gasteiger partial charge on any atom is -0.480 e. The van der Waals surface area contributed by atoms with Crippen LogP contribution in [0.2, 0.25) is 0 Å². The van der Waals surface area contributed by atoms with Crippen LogP contribution in [0.15, 0.2) is 48.5 Å². The van der Waals surface area contributed by atoms with Crippen LogP contribution in [-0.4, -0.2) is 26.9 Å². The Morgan fingerprint density at radius 3 is 2.22 bits per heavy atom. The summed E-state index contributed by atoms with van der Waals surface area (Å²) in [6.07, 6.45) is -0.312. The standard InChI is InChI=1S/C16H18NO5P/c17-15(16(18)19)9-11-6-12(10-23(20,21)22)8-14(7-11)13-4-2-1-3-5-13/h1-8,15H,9-10,17H2,(H,18,19)(H2,20,21,22)/t15-/m1/s1. The highest BCUT2D eigenvalue weighted by Crippen LogP contribution is 2.40. The zero-order chi connectivity index (χ0) is 17.0. The summed E-state index contributed by atoms with van der Waals surface area (Å²) in [5.41, 5.74) is 8.29. The van der Waals surface area contributed by atoms with Crippen molar-refractivity contribution in [2.45, 2.75) is 18.6 Å². The fraction of sp³-hybridized carbons (Fsp3) is 0.188. The van der Waals surface area contributed by atoms with E-state index in [0.717, 1.165) is 11.1 Å². The summed E-state index contributed by atoms with van der Waals surface area (Å²) in [6.45, 7) is 0. The van der Waals surface area contributed by atoms with Crippen molar-refractivity contribution in [1.29, 1.82) is 0 Å². The molecule has 0 aromatic heterocycles. The number of carbonyl (C=O) groups is 1. The van der Waals surface area contributed by atoms with Crippen LogP contribution in [0, 0.1) is 0 Å². The lowest BCUT2D eigenvalue weighted by Gasteiger charge is -2.13. The second kappa shape index (κ2) is 7.06. The first-order chi connectivity index (χ1) is 10.7. The number of hydrogen-bond donors (Lipinski definition) is 4. The van der Waals surface area contributed by atoms with Crippen molar-refractivity contribution in [3.63, 3.8) is 0 Å². The van der Waals surface area contributed by atoms with Crippen LogP contribution in [-0.2, 0) is 21.9 Å². The monoisotopic (exact) mass is 335 g/mol. The largest absolute Gasteiger partial charge is 0.480 e. The number of carboxylic acids is 1. The van der Waals surface area contributed by atoms with E-state index < -0.39 is 25.8 Å². The van der Waals surface area contributed by atoms with Crippen LogP contribution in [0.3, 0.4) is 0 Å². The molecule has 2 aromatic rings. The van der Waals surface area contributed by atoms with Crippen molar-refractivity contribution in [1.82, 2.24) is 0 Å². The lowest BCUT2D eigenvalue weighted by atomic mass is 9.97. The number of nitrogens with two attached hydrogens (primary N) is 1. The van der Waals surface area contributed by atoms with E-state index in [2.05, 4.69) is 0 Å². The minimum absolute atomic E-state index is 0.0875. The lowest BCUT2D eigenvalue weighted by molar-refractivity contribution is -0.138. The van der Waals surface area contributed by atoms with Gasteiger partial charge in [-0.15, -0.1) is 0 Å². The fourth-order valence-corrected chi connectivity index (χ4v) is 3.01. The highest BCUT2D eigenvalue weighted by atomic mass is 31.2. The molecule has 0 bridgehead atoms. The molecule has 0 amide bonds. The molecule has 0 aliphatic carbocycles. The SMILES string of the molecule is N[C@H](Cc1cc(CP(=O)(O)O)cc(-c2ccccc2)c1)C(=O)O. The van der Waals surface area contributed by atoms with Gasteiger partial charge >= 0.3 is 13.6 Å². The topological polar surface area (TPSA) is 121 Å². The van der Waals surface area contributed by atoms with Crippen LogP contribution in [0.1, 0.15) is 11.1 Å². The summed E-state index contributed by atoms with van der Waals surface area (Å²) in [5.74, 6) is -1.12. The Balaban J connectivity index is 2.43. The predicted octanol–water partition coefficient (Wildman–Crippen LogP) is 1.99. The van der Waals surface area contributed by atoms with Crippen LogP contribution in [0.4, 0.5) is 0 Å². The third-order valence-electron chi connectivity index (χ3n) is 3.32. The van der Waals surface area contributed by atoms with Gasteiger partial charge < -0.3 is 20.6 Å². The molecule has 0 radical (unpaired) electrons. The molecule has 23 heavy (non-hydrogen) atoms. The molecule has 7 heteroatoms. The molecular weight excluding hydrogens is 317 g/mol. The van der Waals surface area contributed by atoms with Gasteiger partial charge in [-0.2, -0.15) is 0 Å². The van der Waals surface area contributed by atoms with E-state index in [4.69, 9.17) is 10.8 Å². The van der Waals surface area contributed by atoms with Crippen LogP contribution in [0.25, 0.3) is 11.1 Å². The zero-order valence-electron chi connectivity index (χ0n) is 12.3. The number of rotatable bonds is 6. The smallest absolute Gasteiger partial charge is 0.329 e. The van der Waals surface area contributed by atoms with E-state index >= 15 is 0 Å². The van der Waals surface area contributed by atoms with Gasteiger partial charge in [-0.25, -0.2) is 0 Å². The summed E-state index contributed by atoms with van der Waals surface area (Å²) < 4.78 is 11.3. The van der Waals surface area contributed by atoms with Gasteiger partial charge in [0.15, 0.2) is 0 Å². The molecule has 2 aromatic carbocycles. The molecule has 0 unspecified atom stereocenters. The molecule has 2 rings (SSSR count). The Kier molecular flexibility index (Phi) is 5.34. The molecular formula is C16H18NO5P. The van der Waals surface area contributed by atoms with Gasteiger partial charge in [0.25, 0.3) is 0 Å². The number of carboxylic acid groups (broad SMARTS) is 1. The van der Waals surface area contributed by atoms with Crippen LogP contribution in [0.5, 0.6) is 0 Å². The molecule has 0 heterocycles. The molecule has 0 fully saturated rings. The Morgan fingerprint density at radius 2 is 1.65 bits per heavy atom. The average Bonchev–Trinajstić information content (AvgIpc) is 2.46. The van der Waals surface area contributed by atoms with Crippen molar-refractivity contribution < 1.29 is 24.3 Å². The normalized spacial score (nSPS) is 12.8. The predicted molar refractivity (Wildman–Crippen MR) is 86.9 cm³/mol. The number of benzene rings is 2. The highest BCUT2D eigenvalue weighted by Gasteiger charge is 2.17. The molecule has 0 saturated heterocycles. The van der Waals surface area contributed by atoms with Crippen LogP contribution >= 0.6 is 7.60 Å². The van der Waals surface area contributed by atoms with Gasteiger partial charge in [-0.05, 0) is 28.7 Å². The molecule has 122 valence electrons. The van der Waals surface area contributed by atoms with E-state index in [-0.39, 0.29) is 6.42 Å². The highest BCUT2D eigenvalue weighted by molar-refractivity contribution is 7.50. The number of aliphatic carboxylic acids is 1. The maximum Gasteiger partial charge on any atom is 0.329 e. The summed E-state index contributed by atoms with van der Waals surface area (Å²) >= 11 is 0. The minimum atomic E-state index is -4.22. The van der Waals surface area contributed by atoms with E-state index in [0.29, 0.717) is 11.1 Å². The van der Waals surface area contributed by atoms with Gasteiger partial charge in [0, 0.05) is 0 Å². The van der Waals surface area contributed by atoms with Gasteiger partial charge in [0.05, 0.1) is 6.16 Å². The second-order valence-corrected chi connectivity index (χ2v) is 7.02. The Hall–Kier alpha value is -1.98. The summed E-state index contributed by atoms with van der Waals surface area (Å²) in [7, 11) is -4.22. The van der Waals surface area contributed by atoms with E-state index in [1.165, 1.54) is 0 Å². The van der Waals surface area contributed by atoms with Crippen molar-refractivity contribution >= 4 is 13.6 Å². The summed E-state index contributed by atoms with van der Waals surface area (Å²) in [6, 6.07) is 13.3. The van der Waals surface area contributed by atoms with E-state index in [1.54, 1.807) is 18.2 Å². The van der Waals surface area contributed by atoms with Gasteiger partial charge in [-0.3, -0.25) is 9.36 Å². The molecule has 6 nitrogen and oxygen atoms in total. The van der Waals surface area contributed by atoms with Crippen molar-refractivity contribution in [2.75, 3.05) is 0 Å². The van der Waals surface area contributed by atoms with Crippen molar-refractivity contribution in [2.24, 2.45) is 5.73 Å². The van der Waals surface area contributed by atoms with Gasteiger partial charge in [0.1, 0.15) is 6.04 Å². The van der Waals surface area contributed by atoms with Gasteiger partial charge in [0.2, 0.25) is 0 Å². The molecule has 0 saturated carbocycles. The maximum atomic E-state index is 11.3.